The molecule has 288 valence electrons. The number of aliphatic hydroxyl groups is 1. The van der Waals surface area contributed by atoms with Crippen molar-refractivity contribution >= 4 is 17.9 Å². The van der Waals surface area contributed by atoms with Gasteiger partial charge in [0.05, 0.1) is 12.1 Å². The summed E-state index contributed by atoms with van der Waals surface area (Å²) in [6.07, 6.45) is 1.36. The molecule has 3 aromatic rings. The molecule has 10 nitrogen and oxygen atoms in total. The van der Waals surface area contributed by atoms with E-state index < -0.39 is 35.8 Å². The third-order valence-corrected chi connectivity index (χ3v) is 10.0. The Labute approximate surface area is 316 Å². The minimum absolute atomic E-state index is 0.0420. The van der Waals surface area contributed by atoms with E-state index in [1.54, 1.807) is 20.8 Å². The molecule has 10 heteroatoms. The molecule has 1 saturated heterocycles. The first-order valence-corrected chi connectivity index (χ1v) is 19.1. The predicted octanol–water partition coefficient (Wildman–Crippen LogP) is 6.05. The second-order valence-electron chi connectivity index (χ2n) is 15.3. The molecule has 0 bridgehead atoms. The molecular weight excluding hydrogens is 668 g/mol. The lowest BCUT2D eigenvalue weighted by Gasteiger charge is -2.36. The second-order valence-corrected chi connectivity index (χ2v) is 15.3. The number of nitrogens with one attached hydrogen (secondary N) is 3. The monoisotopic (exact) mass is 728 g/mol. The van der Waals surface area contributed by atoms with Crippen molar-refractivity contribution in [1.29, 1.82) is 0 Å². The van der Waals surface area contributed by atoms with Gasteiger partial charge in [-0.2, -0.15) is 0 Å². The highest BCUT2D eigenvalue weighted by atomic mass is 16.6. The highest BCUT2D eigenvalue weighted by molar-refractivity contribution is 5.89. The quantitative estimate of drug-likeness (QED) is 0.133. The van der Waals surface area contributed by atoms with E-state index in [4.69, 9.17) is 9.47 Å². The number of piperidine rings is 1. The molecule has 5 atom stereocenters. The zero-order chi connectivity index (χ0) is 38.4. The fourth-order valence-corrected chi connectivity index (χ4v) is 6.64. The van der Waals surface area contributed by atoms with Gasteiger partial charge in [0.15, 0.2) is 0 Å². The molecule has 3 aromatic carbocycles. The Bertz CT molecular complexity index is 1560. The maximum Gasteiger partial charge on any atom is 0.407 e. The minimum atomic E-state index is -1.11. The Balaban J connectivity index is 1.57. The average molecular weight is 729 g/mol. The number of nitrogens with zero attached hydrogens (tertiary/aromatic N) is 1. The average Bonchev–Trinajstić information content (AvgIpc) is 3.15. The summed E-state index contributed by atoms with van der Waals surface area (Å²) in [5.41, 5.74) is 2.13. The molecular formula is C43H60N4O6. The largest absolute Gasteiger partial charge is 0.489 e. The molecule has 53 heavy (non-hydrogen) atoms. The predicted molar refractivity (Wildman–Crippen MR) is 208 cm³/mol. The van der Waals surface area contributed by atoms with Gasteiger partial charge in [0.25, 0.3) is 0 Å². The minimum Gasteiger partial charge on any atom is -0.489 e. The van der Waals surface area contributed by atoms with Crippen molar-refractivity contribution in [2.45, 2.75) is 110 Å². The number of aliphatic hydroxyl groups excluding tert-OH is 1. The lowest BCUT2D eigenvalue weighted by Crippen LogP contribution is -2.56. The van der Waals surface area contributed by atoms with E-state index in [2.05, 4.69) is 16.0 Å². The van der Waals surface area contributed by atoms with E-state index in [9.17, 15) is 19.5 Å². The summed E-state index contributed by atoms with van der Waals surface area (Å²) in [6.45, 7) is 11.0. The van der Waals surface area contributed by atoms with E-state index in [-0.39, 0.29) is 24.2 Å². The van der Waals surface area contributed by atoms with Crippen LogP contribution in [-0.2, 0) is 33.8 Å². The van der Waals surface area contributed by atoms with Crippen LogP contribution in [0.4, 0.5) is 4.79 Å². The van der Waals surface area contributed by atoms with E-state index in [0.29, 0.717) is 50.8 Å². The molecule has 0 aromatic heterocycles. The second kappa shape index (κ2) is 20.2. The van der Waals surface area contributed by atoms with Gasteiger partial charge in [-0.25, -0.2) is 4.79 Å². The zero-order valence-electron chi connectivity index (χ0n) is 32.3. The maximum atomic E-state index is 14.4. The number of likely N-dealkylation sites (tertiary alicyclic amines) is 1. The lowest BCUT2D eigenvalue weighted by molar-refractivity contribution is -0.140. The fraction of sp³-hybridized carbons (Fsp3) is 0.512. The van der Waals surface area contributed by atoms with Crippen LogP contribution >= 0.6 is 0 Å². The van der Waals surface area contributed by atoms with Crippen LogP contribution in [-0.4, -0.2) is 77.9 Å². The van der Waals surface area contributed by atoms with Gasteiger partial charge in [-0.15, -0.1) is 0 Å². The normalized spacial score (nSPS) is 16.5. The molecule has 4 N–H and O–H groups in total. The van der Waals surface area contributed by atoms with E-state index >= 15 is 0 Å². The number of rotatable bonds is 17. The van der Waals surface area contributed by atoms with Crippen LogP contribution < -0.4 is 20.7 Å². The highest BCUT2D eigenvalue weighted by Crippen LogP contribution is 2.23. The van der Waals surface area contributed by atoms with Crippen LogP contribution in [0.5, 0.6) is 5.75 Å². The number of amides is 3. The van der Waals surface area contributed by atoms with Gasteiger partial charge in [0.1, 0.15) is 24.0 Å². The molecule has 1 fully saturated rings. The van der Waals surface area contributed by atoms with Crippen LogP contribution in [0.25, 0.3) is 0 Å². The van der Waals surface area contributed by atoms with Crippen molar-refractivity contribution in [2.75, 3.05) is 20.1 Å². The van der Waals surface area contributed by atoms with Gasteiger partial charge in [0, 0.05) is 25.0 Å². The Morgan fingerprint density at radius 2 is 1.43 bits per heavy atom. The third-order valence-electron chi connectivity index (χ3n) is 10.0. The molecule has 0 saturated carbocycles. The maximum absolute atomic E-state index is 14.4. The molecule has 4 rings (SSSR count). The van der Waals surface area contributed by atoms with Crippen molar-refractivity contribution < 1.29 is 29.0 Å². The van der Waals surface area contributed by atoms with Gasteiger partial charge in [-0.1, -0.05) is 93.1 Å². The summed E-state index contributed by atoms with van der Waals surface area (Å²) in [6, 6.07) is 26.1. The molecule has 0 aliphatic carbocycles. The first-order chi connectivity index (χ1) is 25.3. The van der Waals surface area contributed by atoms with Crippen molar-refractivity contribution in [3.63, 3.8) is 0 Å². The van der Waals surface area contributed by atoms with Gasteiger partial charge in [-0.05, 0) is 94.7 Å². The van der Waals surface area contributed by atoms with Crippen LogP contribution in [0.2, 0.25) is 0 Å². The van der Waals surface area contributed by atoms with Crippen LogP contribution in [0.15, 0.2) is 84.9 Å². The van der Waals surface area contributed by atoms with Gasteiger partial charge in [-0.3, -0.25) is 9.59 Å². The summed E-state index contributed by atoms with van der Waals surface area (Å²) in [5.74, 6) is -0.496. The summed E-state index contributed by atoms with van der Waals surface area (Å²) in [7, 11) is 1.94. The fourth-order valence-electron chi connectivity index (χ4n) is 6.64. The number of ether oxygens (including phenoxy) is 2. The first-order valence-electron chi connectivity index (χ1n) is 19.1. The molecule has 1 heterocycles. The highest BCUT2D eigenvalue weighted by Gasteiger charge is 2.35. The number of hydrogen-bond acceptors (Lipinski definition) is 7. The van der Waals surface area contributed by atoms with Gasteiger partial charge in [0.2, 0.25) is 11.8 Å². The number of benzene rings is 3. The summed E-state index contributed by atoms with van der Waals surface area (Å²) >= 11 is 0. The smallest absolute Gasteiger partial charge is 0.407 e. The van der Waals surface area contributed by atoms with E-state index in [1.165, 1.54) is 0 Å². The molecule has 3 unspecified atom stereocenters. The molecule has 1 aliphatic heterocycles. The number of alkyl carbamates (subject to hydrolysis) is 1. The van der Waals surface area contributed by atoms with Crippen molar-refractivity contribution in [3.05, 3.63) is 102 Å². The molecule has 1 aliphatic rings. The molecule has 0 spiro atoms. The van der Waals surface area contributed by atoms with E-state index in [0.717, 1.165) is 29.5 Å². The van der Waals surface area contributed by atoms with Crippen LogP contribution in [0.1, 0.15) is 77.0 Å². The topological polar surface area (TPSA) is 129 Å². The summed E-state index contributed by atoms with van der Waals surface area (Å²) < 4.78 is 11.5. The van der Waals surface area contributed by atoms with Crippen molar-refractivity contribution in [2.24, 2.45) is 11.8 Å². The first kappa shape index (κ1) is 41.3. The number of carbonyl (C=O) groups excluding carboxylic acids is 3. The Morgan fingerprint density at radius 1 is 0.849 bits per heavy atom. The molecule has 0 radical (unpaired) electrons. The Kier molecular flexibility index (Phi) is 15.7. The van der Waals surface area contributed by atoms with Crippen LogP contribution in [0, 0.1) is 11.8 Å². The SMILES string of the molecule is CC[C@H](C)[C@H](NC(=O)C(Cc1ccc(OCc2ccccc2)cc1)CC(O)C(Cc1ccccc1)NC(=O)OC(C)(C)C)C(=O)N1CCC(NC)CC1. The third kappa shape index (κ3) is 13.5. The van der Waals surface area contributed by atoms with Crippen LogP contribution in [0.3, 0.4) is 0 Å². The Hall–Kier alpha value is -4.41. The van der Waals surface area contributed by atoms with Crippen molar-refractivity contribution in [3.8, 4) is 5.75 Å². The summed E-state index contributed by atoms with van der Waals surface area (Å²) in [4.78, 5) is 43.2. The van der Waals surface area contributed by atoms with Crippen molar-refractivity contribution in [1.82, 2.24) is 20.9 Å². The van der Waals surface area contributed by atoms with Gasteiger partial charge >= 0.3 is 6.09 Å². The summed E-state index contributed by atoms with van der Waals surface area (Å²) in [5, 5.41) is 21.2. The Morgan fingerprint density at radius 3 is 2.00 bits per heavy atom. The molecule has 3 amide bonds. The van der Waals surface area contributed by atoms with E-state index in [1.807, 2.05) is 111 Å². The number of carbonyl (C=O) groups is 3. The van der Waals surface area contributed by atoms with Gasteiger partial charge < -0.3 is 35.4 Å². The number of hydrogen-bond donors (Lipinski definition) is 4. The standard InChI is InChI=1S/C43H60N4O6/c1-7-30(2)39(41(50)47-24-22-35(44-6)23-25-47)46-40(49)34(26-32-18-20-36(21-19-32)52-29-33-16-12-9-13-17-33)28-38(48)37(27-31-14-10-8-11-15-31)45-42(51)53-43(3,4)5/h8-21,30,34-35,37-39,44,48H,7,22-29H2,1-6H3,(H,45,51)(H,46,49)/t30-,34?,37?,38?,39-/m0/s1. The zero-order valence-corrected chi connectivity index (χ0v) is 32.3. The lowest BCUT2D eigenvalue weighted by atomic mass is 9.87.